The van der Waals surface area contributed by atoms with Crippen molar-refractivity contribution < 1.29 is 19.4 Å². The molecule has 1 aliphatic rings. The summed E-state index contributed by atoms with van der Waals surface area (Å²) in [7, 11) is 0. The van der Waals surface area contributed by atoms with Crippen LogP contribution in [0.4, 0.5) is 0 Å². The van der Waals surface area contributed by atoms with E-state index < -0.39 is 5.97 Å². The van der Waals surface area contributed by atoms with Crippen molar-refractivity contribution in [1.82, 2.24) is 0 Å². The van der Waals surface area contributed by atoms with Gasteiger partial charge in [0.2, 0.25) is 0 Å². The van der Waals surface area contributed by atoms with Crippen LogP contribution in [0.1, 0.15) is 26.7 Å². The first-order valence-electron chi connectivity index (χ1n) is 5.17. The van der Waals surface area contributed by atoms with Crippen molar-refractivity contribution in [2.45, 2.75) is 45.0 Å². The highest BCUT2D eigenvalue weighted by atomic mass is 16.5. The van der Waals surface area contributed by atoms with E-state index in [9.17, 15) is 4.79 Å². The van der Waals surface area contributed by atoms with Crippen LogP contribution in [0.15, 0.2) is 12.2 Å². The Hall–Kier alpha value is -0.870. The Bertz CT molecular complexity index is 239. The minimum atomic E-state index is -0.997. The zero-order valence-corrected chi connectivity index (χ0v) is 9.23. The van der Waals surface area contributed by atoms with Gasteiger partial charge >= 0.3 is 5.97 Å². The van der Waals surface area contributed by atoms with E-state index in [0.717, 1.165) is 12.8 Å². The Morgan fingerprint density at radius 3 is 2.47 bits per heavy atom. The number of hydrogen-bond donors (Lipinski definition) is 1. The second-order valence-electron chi connectivity index (χ2n) is 4.07. The number of carbonyl (C=O) groups is 1. The number of carboxylic acid groups (broad SMARTS) is 1. The van der Waals surface area contributed by atoms with Crippen LogP contribution < -0.4 is 0 Å². The molecule has 1 N–H and O–H groups in total. The highest BCUT2D eigenvalue weighted by molar-refractivity contribution is 5.85. The van der Waals surface area contributed by atoms with Gasteiger partial charge in [-0.2, -0.15) is 0 Å². The van der Waals surface area contributed by atoms with Gasteiger partial charge in [0.25, 0.3) is 0 Å². The molecule has 4 heteroatoms. The van der Waals surface area contributed by atoms with Crippen LogP contribution >= 0.6 is 0 Å². The smallest absolute Gasteiger partial charge is 0.333 e. The van der Waals surface area contributed by atoms with Gasteiger partial charge in [0.05, 0.1) is 30.5 Å². The highest BCUT2D eigenvalue weighted by Crippen LogP contribution is 2.21. The molecule has 0 aromatic rings. The lowest BCUT2D eigenvalue weighted by Gasteiger charge is -2.31. The highest BCUT2D eigenvalue weighted by Gasteiger charge is 2.25. The van der Waals surface area contributed by atoms with Gasteiger partial charge in [-0.15, -0.1) is 0 Å². The van der Waals surface area contributed by atoms with Crippen LogP contribution in [0.25, 0.3) is 0 Å². The molecule has 0 saturated carbocycles. The van der Waals surface area contributed by atoms with E-state index in [4.69, 9.17) is 14.6 Å². The molecule has 0 aromatic heterocycles. The van der Waals surface area contributed by atoms with E-state index in [0.29, 0.717) is 0 Å². The number of ether oxygens (including phenoxy) is 2. The predicted octanol–water partition coefficient (Wildman–Crippen LogP) is 1.60. The Kier molecular flexibility index (Phi) is 4.29. The molecule has 0 spiro atoms. The standard InChI is InChI=1S/C11H18O4/c1-7(11(12)13)6-14-10-4-8(2)15-9(3)5-10/h8-10H,1,4-6H2,2-3H3,(H,12,13). The molecule has 1 fully saturated rings. The van der Waals surface area contributed by atoms with Crippen LogP contribution in [0.2, 0.25) is 0 Å². The van der Waals surface area contributed by atoms with Gasteiger partial charge in [0, 0.05) is 0 Å². The van der Waals surface area contributed by atoms with Crippen molar-refractivity contribution >= 4 is 5.97 Å². The summed E-state index contributed by atoms with van der Waals surface area (Å²) in [6.45, 7) is 7.51. The maximum atomic E-state index is 10.5. The summed E-state index contributed by atoms with van der Waals surface area (Å²) < 4.78 is 11.0. The zero-order chi connectivity index (χ0) is 11.4. The molecule has 0 bridgehead atoms. The average Bonchev–Trinajstić information content (AvgIpc) is 2.12. The summed E-state index contributed by atoms with van der Waals surface area (Å²) in [5, 5.41) is 8.61. The molecule has 15 heavy (non-hydrogen) atoms. The van der Waals surface area contributed by atoms with Crippen molar-refractivity contribution in [3.8, 4) is 0 Å². The lowest BCUT2D eigenvalue weighted by molar-refractivity contribution is -0.134. The quantitative estimate of drug-likeness (QED) is 0.722. The number of carboxylic acids is 1. The first kappa shape index (κ1) is 12.2. The monoisotopic (exact) mass is 214 g/mol. The molecule has 0 aromatic carbocycles. The van der Waals surface area contributed by atoms with E-state index in [1.165, 1.54) is 0 Å². The molecule has 1 rings (SSSR count). The Morgan fingerprint density at radius 2 is 2.00 bits per heavy atom. The maximum Gasteiger partial charge on any atom is 0.333 e. The van der Waals surface area contributed by atoms with Gasteiger partial charge in [-0.05, 0) is 26.7 Å². The zero-order valence-electron chi connectivity index (χ0n) is 9.23. The third-order valence-corrected chi connectivity index (χ3v) is 2.45. The average molecular weight is 214 g/mol. The van der Waals surface area contributed by atoms with Crippen molar-refractivity contribution in [3.05, 3.63) is 12.2 Å². The normalized spacial score (nSPS) is 31.2. The number of rotatable bonds is 4. The maximum absolute atomic E-state index is 10.5. The molecule has 1 aliphatic heterocycles. The lowest BCUT2D eigenvalue weighted by Crippen LogP contribution is -2.34. The Morgan fingerprint density at radius 1 is 1.47 bits per heavy atom. The number of hydrogen-bond acceptors (Lipinski definition) is 3. The fourth-order valence-electron chi connectivity index (χ4n) is 1.76. The first-order valence-corrected chi connectivity index (χ1v) is 5.17. The Labute approximate surface area is 89.9 Å². The summed E-state index contributed by atoms with van der Waals surface area (Å²) in [5.74, 6) is -0.997. The number of aliphatic carboxylic acids is 1. The fourth-order valence-corrected chi connectivity index (χ4v) is 1.76. The van der Waals surface area contributed by atoms with Crippen LogP contribution in [-0.2, 0) is 14.3 Å². The van der Waals surface area contributed by atoms with E-state index in [2.05, 4.69) is 6.58 Å². The van der Waals surface area contributed by atoms with Gasteiger partial charge in [-0.3, -0.25) is 0 Å². The molecule has 0 amide bonds. The van der Waals surface area contributed by atoms with Crippen LogP contribution in [0.3, 0.4) is 0 Å². The van der Waals surface area contributed by atoms with Gasteiger partial charge < -0.3 is 14.6 Å². The van der Waals surface area contributed by atoms with Crippen molar-refractivity contribution in [2.75, 3.05) is 6.61 Å². The minimum absolute atomic E-state index is 0.0832. The summed E-state index contributed by atoms with van der Waals surface area (Å²) >= 11 is 0. The molecule has 2 unspecified atom stereocenters. The summed E-state index contributed by atoms with van der Waals surface area (Å²) in [4.78, 5) is 10.5. The van der Waals surface area contributed by atoms with Crippen LogP contribution in [0, 0.1) is 0 Å². The van der Waals surface area contributed by atoms with E-state index in [-0.39, 0.29) is 30.5 Å². The second kappa shape index (κ2) is 5.28. The molecule has 0 radical (unpaired) electrons. The summed E-state index contributed by atoms with van der Waals surface area (Å²) in [6, 6.07) is 0. The molecule has 1 saturated heterocycles. The van der Waals surface area contributed by atoms with Crippen LogP contribution in [0.5, 0.6) is 0 Å². The van der Waals surface area contributed by atoms with Gasteiger partial charge in [-0.1, -0.05) is 6.58 Å². The van der Waals surface area contributed by atoms with Crippen LogP contribution in [-0.4, -0.2) is 36.0 Å². The molecule has 4 nitrogen and oxygen atoms in total. The van der Waals surface area contributed by atoms with Crippen molar-refractivity contribution in [2.24, 2.45) is 0 Å². The molecule has 1 heterocycles. The lowest BCUT2D eigenvalue weighted by atomic mass is 10.0. The first-order chi connectivity index (χ1) is 6.99. The fraction of sp³-hybridized carbons (Fsp3) is 0.727. The van der Waals surface area contributed by atoms with Gasteiger partial charge in [-0.25, -0.2) is 4.79 Å². The predicted molar refractivity (Wildman–Crippen MR) is 55.8 cm³/mol. The third kappa shape index (κ3) is 4.01. The molecule has 0 aliphatic carbocycles. The molecular formula is C11H18O4. The van der Waals surface area contributed by atoms with Crippen molar-refractivity contribution in [3.63, 3.8) is 0 Å². The van der Waals surface area contributed by atoms with E-state index in [1.54, 1.807) is 0 Å². The van der Waals surface area contributed by atoms with Crippen molar-refractivity contribution in [1.29, 1.82) is 0 Å². The largest absolute Gasteiger partial charge is 0.478 e. The topological polar surface area (TPSA) is 55.8 Å². The Balaban J connectivity index is 2.32. The second-order valence-corrected chi connectivity index (χ2v) is 4.07. The molecule has 86 valence electrons. The summed E-state index contributed by atoms with van der Waals surface area (Å²) in [6.07, 6.45) is 2.07. The molecular weight excluding hydrogens is 196 g/mol. The van der Waals surface area contributed by atoms with Gasteiger partial charge in [0.15, 0.2) is 0 Å². The third-order valence-electron chi connectivity index (χ3n) is 2.45. The van der Waals surface area contributed by atoms with E-state index >= 15 is 0 Å². The minimum Gasteiger partial charge on any atom is -0.478 e. The summed E-state index contributed by atoms with van der Waals surface area (Å²) in [5.41, 5.74) is 0.0989. The van der Waals surface area contributed by atoms with E-state index in [1.807, 2.05) is 13.8 Å². The van der Waals surface area contributed by atoms with Gasteiger partial charge in [0.1, 0.15) is 0 Å². The SMILES string of the molecule is C=C(COC1CC(C)OC(C)C1)C(=O)O. The molecule has 2 atom stereocenters.